The number of fused-ring (bicyclic) bond motifs is 2. The van der Waals surface area contributed by atoms with Crippen molar-refractivity contribution in [3.63, 3.8) is 0 Å². The first-order valence-electron chi connectivity index (χ1n) is 5.80. The number of hydrogen-bond acceptors (Lipinski definition) is 2. The van der Waals surface area contributed by atoms with Gasteiger partial charge in [-0.05, 0) is 24.3 Å². The van der Waals surface area contributed by atoms with Crippen LogP contribution < -0.4 is 11.2 Å². The fourth-order valence-corrected chi connectivity index (χ4v) is 2.29. The Bertz CT molecular complexity index is 881. The number of pyridine rings is 1. The molecular formula is C14H9F3N2O. The summed E-state index contributed by atoms with van der Waals surface area (Å²) >= 11 is 0. The van der Waals surface area contributed by atoms with Gasteiger partial charge in [0, 0.05) is 10.9 Å². The molecule has 1 heterocycles. The van der Waals surface area contributed by atoms with E-state index in [2.05, 4.69) is 4.98 Å². The van der Waals surface area contributed by atoms with Crippen molar-refractivity contribution >= 4 is 27.5 Å². The zero-order valence-electron chi connectivity index (χ0n) is 10.1. The number of nitrogen functional groups attached to an aromatic ring is 1. The smallest absolute Gasteiger partial charge is 0.398 e. The molecule has 0 fully saturated rings. The Morgan fingerprint density at radius 3 is 2.40 bits per heavy atom. The molecule has 6 heteroatoms. The minimum Gasteiger partial charge on any atom is -0.398 e. The van der Waals surface area contributed by atoms with Crippen LogP contribution in [0.1, 0.15) is 5.56 Å². The van der Waals surface area contributed by atoms with E-state index in [-0.39, 0.29) is 5.39 Å². The molecule has 102 valence electrons. The van der Waals surface area contributed by atoms with Crippen molar-refractivity contribution in [2.24, 2.45) is 0 Å². The van der Waals surface area contributed by atoms with Crippen molar-refractivity contribution in [1.82, 2.24) is 4.98 Å². The standard InChI is InChI=1S/C14H9F3N2O/c15-14(16,17)8-5-6-10-11(12(8)18)13(20)7-3-1-2-4-9(7)19-10/h1-6H,18H2,(H,19,20). The average Bonchev–Trinajstić information content (AvgIpc) is 2.37. The highest BCUT2D eigenvalue weighted by Crippen LogP contribution is 2.36. The van der Waals surface area contributed by atoms with E-state index in [0.717, 1.165) is 6.07 Å². The lowest BCUT2D eigenvalue weighted by atomic mass is 10.0. The molecule has 3 aromatic rings. The lowest BCUT2D eigenvalue weighted by molar-refractivity contribution is -0.136. The Morgan fingerprint density at radius 2 is 1.70 bits per heavy atom. The second-order valence-electron chi connectivity index (χ2n) is 4.45. The Morgan fingerprint density at radius 1 is 1.00 bits per heavy atom. The number of nitrogens with two attached hydrogens (primary N) is 1. The summed E-state index contributed by atoms with van der Waals surface area (Å²) in [7, 11) is 0. The molecule has 0 aliphatic heterocycles. The van der Waals surface area contributed by atoms with E-state index in [0.29, 0.717) is 16.4 Å². The fourth-order valence-electron chi connectivity index (χ4n) is 2.29. The maximum absolute atomic E-state index is 12.8. The van der Waals surface area contributed by atoms with Crippen LogP contribution >= 0.6 is 0 Å². The Kier molecular flexibility index (Phi) is 2.50. The third-order valence-corrected chi connectivity index (χ3v) is 3.22. The molecule has 20 heavy (non-hydrogen) atoms. The summed E-state index contributed by atoms with van der Waals surface area (Å²) in [5, 5.41) is 0.185. The third kappa shape index (κ3) is 1.72. The second-order valence-corrected chi connectivity index (χ2v) is 4.45. The van der Waals surface area contributed by atoms with Gasteiger partial charge in [-0.1, -0.05) is 12.1 Å². The summed E-state index contributed by atoms with van der Waals surface area (Å²) in [5.74, 6) is 0. The monoisotopic (exact) mass is 278 g/mol. The molecule has 0 unspecified atom stereocenters. The summed E-state index contributed by atoms with van der Waals surface area (Å²) in [6.45, 7) is 0. The van der Waals surface area contributed by atoms with Gasteiger partial charge < -0.3 is 10.7 Å². The largest absolute Gasteiger partial charge is 0.418 e. The molecule has 0 radical (unpaired) electrons. The lowest BCUT2D eigenvalue weighted by Crippen LogP contribution is -2.13. The zero-order chi connectivity index (χ0) is 14.5. The van der Waals surface area contributed by atoms with Gasteiger partial charge in [0.25, 0.3) is 0 Å². The fraction of sp³-hybridized carbons (Fsp3) is 0.0714. The minimum absolute atomic E-state index is 0.126. The maximum Gasteiger partial charge on any atom is 0.418 e. The highest BCUT2D eigenvalue weighted by atomic mass is 19.4. The molecule has 0 atom stereocenters. The van der Waals surface area contributed by atoms with Crippen LogP contribution in [0.25, 0.3) is 21.8 Å². The van der Waals surface area contributed by atoms with Crippen molar-refractivity contribution in [2.45, 2.75) is 6.18 Å². The third-order valence-electron chi connectivity index (χ3n) is 3.22. The first kappa shape index (κ1) is 12.5. The zero-order valence-corrected chi connectivity index (χ0v) is 10.1. The SMILES string of the molecule is Nc1c(C(F)(F)F)ccc2[nH]c3ccccc3c(=O)c12. The van der Waals surface area contributed by atoms with Crippen LogP contribution in [0.15, 0.2) is 41.2 Å². The first-order valence-corrected chi connectivity index (χ1v) is 5.80. The van der Waals surface area contributed by atoms with Gasteiger partial charge in [-0.25, -0.2) is 0 Å². The van der Waals surface area contributed by atoms with E-state index in [1.54, 1.807) is 24.3 Å². The van der Waals surface area contributed by atoms with Gasteiger partial charge in [0.2, 0.25) is 0 Å². The number of H-pyrrole nitrogens is 1. The quantitative estimate of drug-likeness (QED) is 0.489. The number of aromatic nitrogens is 1. The topological polar surface area (TPSA) is 58.9 Å². The van der Waals surface area contributed by atoms with E-state index in [9.17, 15) is 18.0 Å². The number of benzene rings is 2. The summed E-state index contributed by atoms with van der Waals surface area (Å²) in [6.07, 6.45) is -4.59. The summed E-state index contributed by atoms with van der Waals surface area (Å²) in [4.78, 5) is 15.2. The highest BCUT2D eigenvalue weighted by Gasteiger charge is 2.34. The number of anilines is 1. The molecular weight excluding hydrogens is 269 g/mol. The van der Waals surface area contributed by atoms with Crippen molar-refractivity contribution < 1.29 is 13.2 Å². The number of rotatable bonds is 0. The number of aromatic amines is 1. The molecule has 0 aliphatic rings. The van der Waals surface area contributed by atoms with E-state index in [4.69, 9.17) is 5.73 Å². The van der Waals surface area contributed by atoms with Crippen LogP contribution in [-0.4, -0.2) is 4.98 Å². The normalized spacial score (nSPS) is 12.2. The Hall–Kier alpha value is -2.50. The molecule has 0 saturated carbocycles. The number of halogens is 3. The Labute approximate surface area is 110 Å². The van der Waals surface area contributed by atoms with Gasteiger partial charge in [0.05, 0.1) is 22.2 Å². The van der Waals surface area contributed by atoms with Crippen molar-refractivity contribution in [3.8, 4) is 0 Å². The highest BCUT2D eigenvalue weighted by molar-refractivity contribution is 5.99. The van der Waals surface area contributed by atoms with Crippen molar-refractivity contribution in [1.29, 1.82) is 0 Å². The summed E-state index contributed by atoms with van der Waals surface area (Å²) < 4.78 is 38.5. The molecule has 2 aromatic carbocycles. The average molecular weight is 278 g/mol. The van der Waals surface area contributed by atoms with Gasteiger partial charge in [-0.2, -0.15) is 13.2 Å². The number of hydrogen-bond donors (Lipinski definition) is 2. The molecule has 3 N–H and O–H groups in total. The van der Waals surface area contributed by atoms with Gasteiger partial charge >= 0.3 is 6.18 Å². The summed E-state index contributed by atoms with van der Waals surface area (Å²) in [5.41, 5.74) is 4.37. The number of nitrogens with one attached hydrogen (secondary N) is 1. The van der Waals surface area contributed by atoms with Crippen LogP contribution in [0.5, 0.6) is 0 Å². The van der Waals surface area contributed by atoms with Gasteiger partial charge in [-0.3, -0.25) is 4.79 Å². The maximum atomic E-state index is 12.8. The van der Waals surface area contributed by atoms with Crippen LogP contribution in [0, 0.1) is 0 Å². The van der Waals surface area contributed by atoms with Crippen LogP contribution in [0.4, 0.5) is 18.9 Å². The second kappa shape index (κ2) is 4.00. The molecule has 1 aromatic heterocycles. The number of para-hydroxylation sites is 1. The van der Waals surface area contributed by atoms with Crippen molar-refractivity contribution in [3.05, 3.63) is 52.2 Å². The molecule has 0 aliphatic carbocycles. The van der Waals surface area contributed by atoms with Crippen LogP contribution in [-0.2, 0) is 6.18 Å². The predicted octanol–water partition coefficient (Wildman–Crippen LogP) is 3.28. The predicted molar refractivity (Wildman–Crippen MR) is 71.5 cm³/mol. The first-order chi connectivity index (χ1) is 9.39. The molecule has 3 nitrogen and oxygen atoms in total. The molecule has 0 saturated heterocycles. The van der Waals surface area contributed by atoms with Gasteiger partial charge in [0.15, 0.2) is 5.43 Å². The van der Waals surface area contributed by atoms with Crippen molar-refractivity contribution in [2.75, 3.05) is 5.73 Å². The van der Waals surface area contributed by atoms with Gasteiger partial charge in [0.1, 0.15) is 0 Å². The van der Waals surface area contributed by atoms with Crippen LogP contribution in [0.2, 0.25) is 0 Å². The molecule has 0 bridgehead atoms. The van der Waals surface area contributed by atoms with E-state index in [1.807, 2.05) is 0 Å². The van der Waals surface area contributed by atoms with E-state index in [1.165, 1.54) is 6.07 Å². The van der Waals surface area contributed by atoms with E-state index >= 15 is 0 Å². The van der Waals surface area contributed by atoms with Gasteiger partial charge in [-0.15, -0.1) is 0 Å². The van der Waals surface area contributed by atoms with Crippen LogP contribution in [0.3, 0.4) is 0 Å². The molecule has 0 amide bonds. The Balaban J connectivity index is 2.52. The van der Waals surface area contributed by atoms with E-state index < -0.39 is 22.9 Å². The molecule has 0 spiro atoms. The minimum atomic E-state index is -4.59. The molecule has 3 rings (SSSR count). The number of alkyl halides is 3. The summed E-state index contributed by atoms with van der Waals surface area (Å²) in [6, 6.07) is 8.72. The lowest BCUT2D eigenvalue weighted by Gasteiger charge is -2.12.